The highest BCUT2D eigenvalue weighted by atomic mass is 19.1. The number of nitrogens with zero attached hydrogens (tertiary/aromatic N) is 6. The molecule has 206 valence electrons. The molecule has 3 saturated heterocycles. The standard InChI is InChI=1S/C29H35F2N7O/c1-35-11-13-37(14-12-35)26-6-9-36(10-7-26)25-4-2-24(3-5-25)34-28-19-29(33-20-32-28)38-27(8-15-39-38)21-16-22(30)18-23(31)17-21/h2-5,16-20,26-27H,6-15H2,1H3,(H,32,33,34)/t27-/m1/s1. The monoisotopic (exact) mass is 535 g/mol. The van der Waals surface area contributed by atoms with Gasteiger partial charge in [0.25, 0.3) is 0 Å². The summed E-state index contributed by atoms with van der Waals surface area (Å²) in [4.78, 5) is 22.1. The number of anilines is 4. The fourth-order valence-corrected chi connectivity index (χ4v) is 5.88. The van der Waals surface area contributed by atoms with Gasteiger partial charge >= 0.3 is 0 Å². The van der Waals surface area contributed by atoms with Gasteiger partial charge < -0.3 is 15.1 Å². The average molecular weight is 536 g/mol. The van der Waals surface area contributed by atoms with E-state index < -0.39 is 11.6 Å². The molecule has 3 aliphatic heterocycles. The van der Waals surface area contributed by atoms with E-state index in [9.17, 15) is 8.78 Å². The Morgan fingerprint density at radius 2 is 1.56 bits per heavy atom. The summed E-state index contributed by atoms with van der Waals surface area (Å²) in [6.45, 7) is 7.28. The number of halogens is 2. The molecule has 0 amide bonds. The van der Waals surface area contributed by atoms with Gasteiger partial charge in [-0.05, 0) is 61.9 Å². The predicted octanol–water partition coefficient (Wildman–Crippen LogP) is 4.60. The normalized spacial score (nSPS) is 21.5. The maximum Gasteiger partial charge on any atom is 0.158 e. The van der Waals surface area contributed by atoms with Crippen molar-refractivity contribution in [2.45, 2.75) is 31.3 Å². The molecule has 39 heavy (non-hydrogen) atoms. The largest absolute Gasteiger partial charge is 0.371 e. The highest BCUT2D eigenvalue weighted by molar-refractivity contribution is 5.62. The van der Waals surface area contributed by atoms with Crippen LogP contribution in [0.1, 0.15) is 30.9 Å². The second kappa shape index (κ2) is 11.4. The lowest BCUT2D eigenvalue weighted by Gasteiger charge is -2.42. The fraction of sp³-hybridized carbons (Fsp3) is 0.448. The smallest absolute Gasteiger partial charge is 0.158 e. The molecule has 0 saturated carbocycles. The molecule has 3 fully saturated rings. The van der Waals surface area contributed by atoms with Crippen molar-refractivity contribution >= 4 is 23.0 Å². The molecular formula is C29H35F2N7O. The number of piperidine rings is 1. The van der Waals surface area contributed by atoms with Crippen LogP contribution in [-0.4, -0.2) is 78.7 Å². The van der Waals surface area contributed by atoms with Gasteiger partial charge in [0.1, 0.15) is 23.8 Å². The van der Waals surface area contributed by atoms with Crippen molar-refractivity contribution in [1.82, 2.24) is 19.8 Å². The first-order valence-corrected chi connectivity index (χ1v) is 13.8. The van der Waals surface area contributed by atoms with E-state index in [2.05, 4.69) is 61.3 Å². The highest BCUT2D eigenvalue weighted by Crippen LogP contribution is 2.35. The molecular weight excluding hydrogens is 500 g/mol. The van der Waals surface area contributed by atoms with Crippen molar-refractivity contribution in [3.05, 3.63) is 72.1 Å². The van der Waals surface area contributed by atoms with E-state index in [-0.39, 0.29) is 6.04 Å². The minimum Gasteiger partial charge on any atom is -0.371 e. The van der Waals surface area contributed by atoms with Crippen LogP contribution in [0.5, 0.6) is 0 Å². The molecule has 0 spiro atoms. The maximum atomic E-state index is 13.8. The van der Waals surface area contributed by atoms with Crippen LogP contribution in [0.3, 0.4) is 0 Å². The van der Waals surface area contributed by atoms with Gasteiger partial charge in [0.2, 0.25) is 0 Å². The van der Waals surface area contributed by atoms with Crippen LogP contribution in [0.4, 0.5) is 31.8 Å². The quantitative estimate of drug-likeness (QED) is 0.492. The van der Waals surface area contributed by atoms with Crippen LogP contribution in [0.2, 0.25) is 0 Å². The van der Waals surface area contributed by atoms with Gasteiger partial charge in [-0.25, -0.2) is 23.8 Å². The van der Waals surface area contributed by atoms with Crippen molar-refractivity contribution < 1.29 is 13.6 Å². The Balaban J connectivity index is 1.07. The van der Waals surface area contributed by atoms with Crippen LogP contribution < -0.4 is 15.3 Å². The van der Waals surface area contributed by atoms with Gasteiger partial charge in [-0.1, -0.05) is 0 Å². The molecule has 0 aliphatic carbocycles. The Bertz CT molecular complexity index is 1240. The topological polar surface area (TPSA) is 60.0 Å². The van der Waals surface area contributed by atoms with Crippen LogP contribution >= 0.6 is 0 Å². The average Bonchev–Trinajstić information content (AvgIpc) is 3.44. The van der Waals surface area contributed by atoms with Crippen molar-refractivity contribution in [1.29, 1.82) is 0 Å². The lowest BCUT2D eigenvalue weighted by molar-refractivity contribution is 0.0982. The van der Waals surface area contributed by atoms with E-state index in [1.54, 1.807) is 11.1 Å². The number of hydrogen-bond donors (Lipinski definition) is 1. The van der Waals surface area contributed by atoms with E-state index in [1.807, 2.05) is 0 Å². The number of aromatic nitrogens is 2. The van der Waals surface area contributed by atoms with Gasteiger partial charge in [-0.2, -0.15) is 0 Å². The summed E-state index contributed by atoms with van der Waals surface area (Å²) in [6, 6.07) is 14.1. The number of rotatable bonds is 6. The molecule has 0 bridgehead atoms. The summed E-state index contributed by atoms with van der Waals surface area (Å²) in [5.74, 6) is -0.0746. The second-order valence-electron chi connectivity index (χ2n) is 10.7. The van der Waals surface area contributed by atoms with Gasteiger partial charge in [-0.3, -0.25) is 9.74 Å². The van der Waals surface area contributed by atoms with Crippen molar-refractivity contribution in [3.8, 4) is 0 Å². The summed E-state index contributed by atoms with van der Waals surface area (Å²) in [7, 11) is 2.21. The van der Waals surface area contributed by atoms with E-state index in [4.69, 9.17) is 4.84 Å². The van der Waals surface area contributed by atoms with E-state index in [0.717, 1.165) is 24.8 Å². The Morgan fingerprint density at radius 1 is 0.846 bits per heavy atom. The maximum absolute atomic E-state index is 13.8. The Morgan fingerprint density at radius 3 is 2.28 bits per heavy atom. The molecule has 1 atom stereocenters. The minimum atomic E-state index is -0.607. The lowest BCUT2D eigenvalue weighted by Crippen LogP contribution is -2.52. The molecule has 1 N–H and O–H groups in total. The van der Waals surface area contributed by atoms with E-state index >= 15 is 0 Å². The minimum absolute atomic E-state index is 0.336. The third kappa shape index (κ3) is 5.98. The Kier molecular flexibility index (Phi) is 7.58. The first-order valence-electron chi connectivity index (χ1n) is 13.8. The van der Waals surface area contributed by atoms with Crippen molar-refractivity contribution in [2.24, 2.45) is 0 Å². The number of hydrogen-bond acceptors (Lipinski definition) is 8. The van der Waals surface area contributed by atoms with Crippen LogP contribution in [-0.2, 0) is 4.84 Å². The molecule has 8 nitrogen and oxygen atoms in total. The molecule has 1 aromatic heterocycles. The second-order valence-corrected chi connectivity index (χ2v) is 10.7. The number of likely N-dealkylation sites (N-methyl/N-ethyl adjacent to an activating group) is 1. The summed E-state index contributed by atoms with van der Waals surface area (Å²) in [5, 5.41) is 4.95. The number of piperazine rings is 1. The van der Waals surface area contributed by atoms with Gasteiger partial charge in [0.15, 0.2) is 5.82 Å². The summed E-state index contributed by atoms with van der Waals surface area (Å²) >= 11 is 0. The molecule has 0 radical (unpaired) electrons. The van der Waals surface area contributed by atoms with Gasteiger partial charge in [-0.15, -0.1) is 0 Å². The van der Waals surface area contributed by atoms with Crippen LogP contribution in [0.15, 0.2) is 54.9 Å². The van der Waals surface area contributed by atoms with E-state index in [0.29, 0.717) is 36.3 Å². The van der Waals surface area contributed by atoms with Gasteiger partial charge in [0.05, 0.1) is 12.6 Å². The number of benzene rings is 2. The third-order valence-electron chi connectivity index (χ3n) is 8.08. The van der Waals surface area contributed by atoms with Crippen molar-refractivity contribution in [3.63, 3.8) is 0 Å². The molecule has 3 aliphatic rings. The third-order valence-corrected chi connectivity index (χ3v) is 8.08. The predicted molar refractivity (Wildman–Crippen MR) is 148 cm³/mol. The Labute approximate surface area is 228 Å². The Hall–Kier alpha value is -3.34. The molecule has 4 heterocycles. The summed E-state index contributed by atoms with van der Waals surface area (Å²) in [6.07, 6.45) is 4.47. The molecule has 10 heteroatoms. The van der Waals surface area contributed by atoms with Crippen LogP contribution in [0, 0.1) is 11.6 Å². The molecule has 0 unspecified atom stereocenters. The highest BCUT2D eigenvalue weighted by Gasteiger charge is 2.30. The van der Waals surface area contributed by atoms with Crippen molar-refractivity contribution in [2.75, 3.05) is 68.2 Å². The zero-order valence-corrected chi connectivity index (χ0v) is 22.3. The van der Waals surface area contributed by atoms with Crippen LogP contribution in [0.25, 0.3) is 0 Å². The first-order chi connectivity index (χ1) is 19.0. The molecule has 6 rings (SSSR count). The first kappa shape index (κ1) is 25.9. The number of hydroxylamine groups is 1. The fourth-order valence-electron chi connectivity index (χ4n) is 5.88. The molecule has 2 aromatic carbocycles. The van der Waals surface area contributed by atoms with Gasteiger partial charge in [0, 0.05) is 75.2 Å². The zero-order chi connectivity index (χ0) is 26.8. The van der Waals surface area contributed by atoms with E-state index in [1.165, 1.54) is 63.2 Å². The summed E-state index contributed by atoms with van der Waals surface area (Å²) in [5.41, 5.74) is 2.67. The summed E-state index contributed by atoms with van der Waals surface area (Å²) < 4.78 is 27.7. The zero-order valence-electron chi connectivity index (χ0n) is 22.3. The lowest BCUT2D eigenvalue weighted by atomic mass is 10.0. The molecule has 3 aromatic rings. The number of nitrogens with one attached hydrogen (secondary N) is 1. The SMILES string of the molecule is CN1CCN(C2CCN(c3ccc(Nc4cc(N5OCC[C@@H]5c5cc(F)cc(F)c5)ncn4)cc3)CC2)CC1.